The molecule has 0 saturated carbocycles. The van der Waals surface area contributed by atoms with Gasteiger partial charge < -0.3 is 9.40 Å². The summed E-state index contributed by atoms with van der Waals surface area (Å²) in [6.45, 7) is 0. The van der Waals surface area contributed by atoms with E-state index in [9.17, 15) is 0 Å². The van der Waals surface area contributed by atoms with Gasteiger partial charge in [-0.05, 0) is 29.7 Å². The van der Waals surface area contributed by atoms with Gasteiger partial charge in [-0.25, -0.2) is 0 Å². The Hall–Kier alpha value is -1.96. The van der Waals surface area contributed by atoms with E-state index in [1.165, 1.54) is 10.9 Å². The first-order valence-electron chi connectivity index (χ1n) is 4.46. The van der Waals surface area contributed by atoms with Gasteiger partial charge >= 0.3 is 0 Å². The molecule has 0 unspecified atom stereocenters. The van der Waals surface area contributed by atoms with E-state index in [0.29, 0.717) is 0 Å². The van der Waals surface area contributed by atoms with Gasteiger partial charge in [-0.1, -0.05) is 18.2 Å². The highest BCUT2D eigenvalue weighted by Gasteiger charge is 1.86. The Morgan fingerprint density at radius 3 is 2.29 bits per heavy atom. The van der Waals surface area contributed by atoms with E-state index < -0.39 is 0 Å². The van der Waals surface area contributed by atoms with E-state index in [2.05, 4.69) is 27.6 Å². The first kappa shape index (κ1) is 8.63. The van der Waals surface area contributed by atoms with Crippen molar-refractivity contribution in [3.8, 4) is 0 Å². The van der Waals surface area contributed by atoms with Gasteiger partial charge in [0.2, 0.25) is 0 Å². The first-order chi connectivity index (χ1) is 6.97. The maximum absolute atomic E-state index is 4.58. The fraction of sp³-hybridized carbons (Fsp3) is 0. The lowest BCUT2D eigenvalue weighted by Crippen LogP contribution is -1.61. The van der Waals surface area contributed by atoms with Crippen LogP contribution in [0.5, 0.6) is 0 Å². The van der Waals surface area contributed by atoms with E-state index in [0.717, 1.165) is 0 Å². The van der Waals surface area contributed by atoms with Crippen LogP contribution in [0.2, 0.25) is 0 Å². The molecule has 14 heavy (non-hydrogen) atoms. The molecule has 70 valence electrons. The molecule has 0 bridgehead atoms. The summed E-state index contributed by atoms with van der Waals surface area (Å²) in [5.74, 6) is 0. The Kier molecular flexibility index (Phi) is 2.67. The monoisotopic (exact) mass is 185 g/mol. The molecule has 1 N–H and O–H groups in total. The van der Waals surface area contributed by atoms with Gasteiger partial charge in [0.15, 0.2) is 0 Å². The average Bonchev–Trinajstić information content (AvgIpc) is 2.92. The molecule has 0 amide bonds. The molecule has 2 heterocycles. The smallest absolute Gasteiger partial charge is 0.0902 e. The van der Waals surface area contributed by atoms with E-state index in [1.54, 1.807) is 12.5 Å². The summed E-state index contributed by atoms with van der Waals surface area (Å²) in [7, 11) is 0. The summed E-state index contributed by atoms with van der Waals surface area (Å²) in [5, 5.41) is 1.28. The van der Waals surface area contributed by atoms with Crippen molar-refractivity contribution in [3.05, 3.63) is 61.2 Å². The number of H-pyrrole nitrogens is 1. The van der Waals surface area contributed by atoms with Gasteiger partial charge in [0, 0.05) is 11.7 Å². The molecule has 0 radical (unpaired) electrons. The molecule has 0 spiro atoms. The summed E-state index contributed by atoms with van der Waals surface area (Å²) in [6, 6.07) is 13.9. The van der Waals surface area contributed by atoms with Crippen LogP contribution in [0.3, 0.4) is 0 Å². The predicted octanol–water partition coefficient (Wildman–Crippen LogP) is 3.45. The van der Waals surface area contributed by atoms with Crippen LogP contribution in [0.4, 0.5) is 0 Å². The molecular formula is C12H11NO. The summed E-state index contributed by atoms with van der Waals surface area (Å²) in [4.78, 5) is 3.12. The van der Waals surface area contributed by atoms with Crippen LogP contribution in [0.25, 0.3) is 10.9 Å². The molecule has 0 saturated heterocycles. The normalized spacial score (nSPS) is 9.43. The molecule has 3 aromatic rings. The van der Waals surface area contributed by atoms with Crippen molar-refractivity contribution in [2.24, 2.45) is 0 Å². The van der Waals surface area contributed by atoms with E-state index >= 15 is 0 Å². The number of hydrogen-bond donors (Lipinski definition) is 1. The molecule has 3 rings (SSSR count). The second kappa shape index (κ2) is 4.33. The Morgan fingerprint density at radius 2 is 1.64 bits per heavy atom. The summed E-state index contributed by atoms with van der Waals surface area (Å²) < 4.78 is 4.58. The summed E-state index contributed by atoms with van der Waals surface area (Å²) >= 11 is 0. The van der Waals surface area contributed by atoms with Gasteiger partial charge in [-0.2, -0.15) is 0 Å². The van der Waals surface area contributed by atoms with E-state index in [-0.39, 0.29) is 0 Å². The van der Waals surface area contributed by atoms with Gasteiger partial charge in [0.1, 0.15) is 0 Å². The van der Waals surface area contributed by atoms with Gasteiger partial charge in [0.25, 0.3) is 0 Å². The molecule has 0 aliphatic rings. The highest BCUT2D eigenvalue weighted by molar-refractivity contribution is 5.78. The van der Waals surface area contributed by atoms with Crippen molar-refractivity contribution in [1.82, 2.24) is 4.98 Å². The van der Waals surface area contributed by atoms with Crippen molar-refractivity contribution >= 4 is 10.9 Å². The Balaban J connectivity index is 0.000000128. The number of aromatic nitrogens is 1. The van der Waals surface area contributed by atoms with Crippen molar-refractivity contribution in [3.63, 3.8) is 0 Å². The number of nitrogens with one attached hydrogen (secondary N) is 1. The third-order valence-corrected chi connectivity index (χ3v) is 1.89. The minimum atomic E-state index is 1.21. The van der Waals surface area contributed by atoms with E-state index in [1.807, 2.05) is 30.5 Å². The lowest BCUT2D eigenvalue weighted by molar-refractivity contribution is 0.567. The minimum Gasteiger partial charge on any atom is -0.473 e. The molecule has 2 nitrogen and oxygen atoms in total. The van der Waals surface area contributed by atoms with Crippen LogP contribution in [-0.4, -0.2) is 4.98 Å². The van der Waals surface area contributed by atoms with Crippen molar-refractivity contribution in [1.29, 1.82) is 0 Å². The van der Waals surface area contributed by atoms with Gasteiger partial charge in [-0.3, -0.25) is 0 Å². The third kappa shape index (κ3) is 2.04. The maximum Gasteiger partial charge on any atom is 0.0902 e. The Bertz CT molecular complexity index is 420. The van der Waals surface area contributed by atoms with Crippen molar-refractivity contribution in [2.45, 2.75) is 0 Å². The molecule has 0 atom stereocenters. The van der Waals surface area contributed by atoms with Crippen LogP contribution in [0, 0.1) is 0 Å². The van der Waals surface area contributed by atoms with Crippen LogP contribution in [-0.2, 0) is 0 Å². The topological polar surface area (TPSA) is 28.9 Å². The second-order valence-corrected chi connectivity index (χ2v) is 2.86. The minimum absolute atomic E-state index is 1.21. The van der Waals surface area contributed by atoms with Gasteiger partial charge in [-0.15, -0.1) is 0 Å². The Morgan fingerprint density at radius 1 is 0.857 bits per heavy atom. The van der Waals surface area contributed by atoms with Crippen LogP contribution < -0.4 is 0 Å². The largest absolute Gasteiger partial charge is 0.473 e. The van der Waals surface area contributed by atoms with Gasteiger partial charge in [0.05, 0.1) is 12.5 Å². The quantitative estimate of drug-likeness (QED) is 0.571. The summed E-state index contributed by atoms with van der Waals surface area (Å²) in [6.07, 6.45) is 5.20. The van der Waals surface area contributed by atoms with Crippen LogP contribution in [0.1, 0.15) is 0 Å². The van der Waals surface area contributed by atoms with Crippen LogP contribution in [0.15, 0.2) is 65.6 Å². The number of rotatable bonds is 0. The zero-order valence-corrected chi connectivity index (χ0v) is 7.68. The fourth-order valence-electron chi connectivity index (χ4n) is 1.22. The molecule has 0 fully saturated rings. The SMILES string of the molecule is c1ccc2[nH]ccc2c1.c1ccoc1. The molecular weight excluding hydrogens is 174 g/mol. The zero-order chi connectivity index (χ0) is 9.64. The standard InChI is InChI=1S/C8H7N.C4H4O/c1-2-4-8-7(3-1)5-6-9-8;1-2-4-5-3-1/h1-6,9H;1-4H. The molecule has 0 aliphatic heterocycles. The van der Waals surface area contributed by atoms with Crippen molar-refractivity contribution in [2.75, 3.05) is 0 Å². The number of aromatic amines is 1. The number of fused-ring (bicyclic) bond motifs is 1. The Labute approximate surface area is 82.2 Å². The predicted molar refractivity (Wildman–Crippen MR) is 57.0 cm³/mol. The third-order valence-electron chi connectivity index (χ3n) is 1.89. The molecule has 0 aliphatic carbocycles. The molecule has 2 heteroatoms. The number of benzene rings is 1. The molecule has 1 aromatic carbocycles. The number of furan rings is 1. The maximum atomic E-state index is 4.58. The fourth-order valence-corrected chi connectivity index (χ4v) is 1.22. The van der Waals surface area contributed by atoms with Crippen molar-refractivity contribution < 1.29 is 4.42 Å². The first-order valence-corrected chi connectivity index (χ1v) is 4.46. The summed E-state index contributed by atoms with van der Waals surface area (Å²) in [5.41, 5.74) is 1.21. The average molecular weight is 185 g/mol. The number of hydrogen-bond acceptors (Lipinski definition) is 1. The highest BCUT2D eigenvalue weighted by atomic mass is 16.3. The van der Waals surface area contributed by atoms with E-state index in [4.69, 9.17) is 0 Å². The van der Waals surface area contributed by atoms with Crippen LogP contribution >= 0.6 is 0 Å². The highest BCUT2D eigenvalue weighted by Crippen LogP contribution is 2.09. The lowest BCUT2D eigenvalue weighted by atomic mass is 10.3. The lowest BCUT2D eigenvalue weighted by Gasteiger charge is -1.83. The zero-order valence-electron chi connectivity index (χ0n) is 7.68. The number of para-hydroxylation sites is 1. The second-order valence-electron chi connectivity index (χ2n) is 2.86. The molecule has 2 aromatic heterocycles.